The summed E-state index contributed by atoms with van der Waals surface area (Å²) in [5.74, 6) is 0. The summed E-state index contributed by atoms with van der Waals surface area (Å²) in [5.41, 5.74) is 6.65. The third-order valence-electron chi connectivity index (χ3n) is 3.91. The Labute approximate surface area is 128 Å². The van der Waals surface area contributed by atoms with E-state index in [9.17, 15) is 0 Å². The van der Waals surface area contributed by atoms with E-state index in [1.165, 1.54) is 22.3 Å². The van der Waals surface area contributed by atoms with Crippen LogP contribution in [0, 0.1) is 20.8 Å². The second-order valence-electron chi connectivity index (χ2n) is 6.00. The molecule has 1 unspecified atom stereocenters. The Morgan fingerprint density at radius 1 is 1.19 bits per heavy atom. The average Bonchev–Trinajstić information content (AvgIpc) is 2.80. The molecule has 1 aromatic heterocycles. The van der Waals surface area contributed by atoms with Crippen molar-refractivity contribution in [3.8, 4) is 0 Å². The van der Waals surface area contributed by atoms with E-state index in [1.54, 1.807) is 0 Å². The minimum absolute atomic E-state index is 0.334. The second-order valence-corrected chi connectivity index (χ2v) is 6.00. The van der Waals surface area contributed by atoms with Gasteiger partial charge in [0, 0.05) is 25.7 Å². The first-order valence-corrected chi connectivity index (χ1v) is 7.81. The van der Waals surface area contributed by atoms with E-state index in [2.05, 4.69) is 56.3 Å². The predicted octanol–water partition coefficient (Wildman–Crippen LogP) is 3.63. The van der Waals surface area contributed by atoms with E-state index in [0.29, 0.717) is 6.04 Å². The Morgan fingerprint density at radius 3 is 2.38 bits per heavy atom. The van der Waals surface area contributed by atoms with Gasteiger partial charge in [-0.3, -0.25) is 4.68 Å². The molecule has 2 aromatic rings. The van der Waals surface area contributed by atoms with Crippen molar-refractivity contribution in [3.63, 3.8) is 0 Å². The number of aryl methyl sites for hydroxylation is 4. The molecule has 3 heteroatoms. The minimum Gasteiger partial charge on any atom is -0.310 e. The predicted molar refractivity (Wildman–Crippen MR) is 88.6 cm³/mol. The molecule has 0 saturated carbocycles. The van der Waals surface area contributed by atoms with E-state index < -0.39 is 0 Å². The molecule has 0 bridgehead atoms. The summed E-state index contributed by atoms with van der Waals surface area (Å²) in [5, 5.41) is 8.23. The van der Waals surface area contributed by atoms with Gasteiger partial charge in [-0.2, -0.15) is 5.10 Å². The van der Waals surface area contributed by atoms with Gasteiger partial charge < -0.3 is 5.32 Å². The van der Waals surface area contributed by atoms with Gasteiger partial charge in [0.25, 0.3) is 0 Å². The summed E-state index contributed by atoms with van der Waals surface area (Å²) in [6.45, 7) is 9.84. The Bertz CT molecular complexity index is 575. The van der Waals surface area contributed by atoms with E-state index in [0.717, 1.165) is 25.1 Å². The first kappa shape index (κ1) is 15.8. The molecule has 0 saturated heterocycles. The summed E-state index contributed by atoms with van der Waals surface area (Å²) < 4.78 is 1.88. The van der Waals surface area contributed by atoms with E-state index in [4.69, 9.17) is 0 Å². The number of aromatic nitrogens is 2. The van der Waals surface area contributed by atoms with Crippen LogP contribution in [0.25, 0.3) is 0 Å². The molecule has 0 fully saturated rings. The second kappa shape index (κ2) is 6.90. The molecular weight excluding hydrogens is 258 g/mol. The van der Waals surface area contributed by atoms with Crippen LogP contribution in [0.1, 0.15) is 47.3 Å². The topological polar surface area (TPSA) is 29.9 Å². The summed E-state index contributed by atoms with van der Waals surface area (Å²) in [6, 6.07) is 7.00. The fraction of sp³-hybridized carbons (Fsp3) is 0.500. The molecule has 0 radical (unpaired) electrons. The van der Waals surface area contributed by atoms with Crippen molar-refractivity contribution >= 4 is 0 Å². The van der Waals surface area contributed by atoms with Crippen LogP contribution in [0.5, 0.6) is 0 Å². The van der Waals surface area contributed by atoms with Gasteiger partial charge >= 0.3 is 0 Å². The molecule has 0 aliphatic carbocycles. The number of benzene rings is 1. The Kier molecular flexibility index (Phi) is 5.18. The van der Waals surface area contributed by atoms with Crippen molar-refractivity contribution in [3.05, 3.63) is 52.3 Å². The van der Waals surface area contributed by atoms with E-state index >= 15 is 0 Å². The minimum atomic E-state index is 0.334. The smallest absolute Gasteiger partial charge is 0.0643 e. The highest BCUT2D eigenvalue weighted by atomic mass is 15.2. The molecule has 1 heterocycles. The summed E-state index contributed by atoms with van der Waals surface area (Å²) >= 11 is 0. The molecule has 1 aromatic carbocycles. The van der Waals surface area contributed by atoms with Crippen molar-refractivity contribution in [1.82, 2.24) is 15.1 Å². The molecular formula is C18H27N3. The van der Waals surface area contributed by atoms with Gasteiger partial charge in [0.1, 0.15) is 0 Å². The number of nitrogens with zero attached hydrogens (tertiary/aromatic N) is 2. The van der Waals surface area contributed by atoms with Gasteiger partial charge in [0.05, 0.1) is 5.69 Å². The lowest BCUT2D eigenvalue weighted by molar-refractivity contribution is 0.517. The number of hydrogen-bond donors (Lipinski definition) is 1. The molecule has 0 spiro atoms. The Morgan fingerprint density at radius 2 is 1.86 bits per heavy atom. The quantitative estimate of drug-likeness (QED) is 0.878. The van der Waals surface area contributed by atoms with Crippen LogP contribution >= 0.6 is 0 Å². The maximum atomic E-state index is 4.54. The highest BCUT2D eigenvalue weighted by molar-refractivity contribution is 5.40. The van der Waals surface area contributed by atoms with Gasteiger partial charge in [-0.25, -0.2) is 0 Å². The molecule has 0 aliphatic rings. The fourth-order valence-corrected chi connectivity index (χ4v) is 3.12. The van der Waals surface area contributed by atoms with Crippen molar-refractivity contribution in [2.45, 2.75) is 46.6 Å². The summed E-state index contributed by atoms with van der Waals surface area (Å²) in [6.07, 6.45) is 4.09. The van der Waals surface area contributed by atoms with Crippen molar-refractivity contribution in [1.29, 1.82) is 0 Å². The lowest BCUT2D eigenvalue weighted by Crippen LogP contribution is -2.26. The van der Waals surface area contributed by atoms with Gasteiger partial charge in [-0.15, -0.1) is 0 Å². The van der Waals surface area contributed by atoms with Crippen molar-refractivity contribution < 1.29 is 0 Å². The van der Waals surface area contributed by atoms with Crippen LogP contribution in [0.4, 0.5) is 0 Å². The molecule has 114 valence electrons. The number of nitrogens with one attached hydrogen (secondary N) is 1. The molecule has 1 N–H and O–H groups in total. The standard InChI is InChI=1S/C18H27N3/c1-6-8-19-17(12-16-7-9-21(5)20-16)18-14(3)10-13(2)11-15(18)4/h7,9-11,17,19H,6,8,12H2,1-5H3. The van der Waals surface area contributed by atoms with Crippen molar-refractivity contribution in [2.75, 3.05) is 6.54 Å². The van der Waals surface area contributed by atoms with Gasteiger partial charge in [-0.1, -0.05) is 24.6 Å². The van der Waals surface area contributed by atoms with Crippen LogP contribution < -0.4 is 5.32 Å². The van der Waals surface area contributed by atoms with E-state index in [-0.39, 0.29) is 0 Å². The molecule has 0 aliphatic heterocycles. The van der Waals surface area contributed by atoms with Gasteiger partial charge in [0.15, 0.2) is 0 Å². The summed E-state index contributed by atoms with van der Waals surface area (Å²) in [7, 11) is 1.97. The maximum absolute atomic E-state index is 4.54. The zero-order valence-electron chi connectivity index (χ0n) is 13.9. The summed E-state index contributed by atoms with van der Waals surface area (Å²) in [4.78, 5) is 0. The third-order valence-corrected chi connectivity index (χ3v) is 3.91. The molecule has 2 rings (SSSR count). The first-order valence-electron chi connectivity index (χ1n) is 7.81. The highest BCUT2D eigenvalue weighted by Gasteiger charge is 2.17. The van der Waals surface area contributed by atoms with Gasteiger partial charge in [-0.05, 0) is 56.5 Å². The largest absolute Gasteiger partial charge is 0.310 e. The highest BCUT2D eigenvalue weighted by Crippen LogP contribution is 2.26. The van der Waals surface area contributed by atoms with Crippen LogP contribution in [0.2, 0.25) is 0 Å². The van der Waals surface area contributed by atoms with Gasteiger partial charge in [0.2, 0.25) is 0 Å². The van der Waals surface area contributed by atoms with Crippen LogP contribution in [0.15, 0.2) is 24.4 Å². The fourth-order valence-electron chi connectivity index (χ4n) is 3.12. The number of rotatable bonds is 6. The lowest BCUT2D eigenvalue weighted by atomic mass is 9.91. The lowest BCUT2D eigenvalue weighted by Gasteiger charge is -2.23. The zero-order chi connectivity index (χ0) is 15.4. The monoisotopic (exact) mass is 285 g/mol. The molecule has 3 nitrogen and oxygen atoms in total. The van der Waals surface area contributed by atoms with Crippen molar-refractivity contribution in [2.24, 2.45) is 7.05 Å². The normalized spacial score (nSPS) is 12.6. The zero-order valence-corrected chi connectivity index (χ0v) is 13.9. The Hall–Kier alpha value is -1.61. The van der Waals surface area contributed by atoms with E-state index in [1.807, 2.05) is 17.9 Å². The molecule has 0 amide bonds. The van der Waals surface area contributed by atoms with Crippen LogP contribution in [0.3, 0.4) is 0 Å². The molecule has 1 atom stereocenters. The third kappa shape index (κ3) is 3.94. The molecule has 21 heavy (non-hydrogen) atoms. The Balaban J connectivity index is 2.31. The number of hydrogen-bond acceptors (Lipinski definition) is 2. The van der Waals surface area contributed by atoms with Crippen LogP contribution in [-0.2, 0) is 13.5 Å². The SMILES string of the molecule is CCCNC(Cc1ccn(C)n1)c1c(C)cc(C)cc1C. The average molecular weight is 285 g/mol. The first-order chi connectivity index (χ1) is 10.0. The maximum Gasteiger partial charge on any atom is 0.0643 e. The van der Waals surface area contributed by atoms with Crippen LogP contribution in [-0.4, -0.2) is 16.3 Å².